The van der Waals surface area contributed by atoms with Crippen LogP contribution in [-0.2, 0) is 0 Å². The van der Waals surface area contributed by atoms with Crippen LogP contribution >= 0.6 is 0 Å². The molecule has 1 unspecified atom stereocenters. The van der Waals surface area contributed by atoms with Gasteiger partial charge in [0.1, 0.15) is 0 Å². The summed E-state index contributed by atoms with van der Waals surface area (Å²) >= 11 is 0. The zero-order valence-corrected chi connectivity index (χ0v) is 9.88. The van der Waals surface area contributed by atoms with Crippen LogP contribution < -0.4 is 0 Å². The summed E-state index contributed by atoms with van der Waals surface area (Å²) in [6, 6.07) is 0.591. The van der Waals surface area contributed by atoms with Gasteiger partial charge >= 0.3 is 0 Å². The first-order valence-corrected chi connectivity index (χ1v) is 5.63. The Labute approximate surface area is 87.6 Å². The number of hydrogen-bond acceptors (Lipinski definition) is 2. The Hall–Kier alpha value is -0.570. The van der Waals surface area contributed by atoms with Crippen LogP contribution in [0.4, 0.5) is 0 Å². The van der Waals surface area contributed by atoms with Crippen molar-refractivity contribution in [1.82, 2.24) is 9.80 Å². The van der Waals surface area contributed by atoms with Gasteiger partial charge in [-0.3, -0.25) is 10.3 Å². The molecule has 1 aliphatic rings. The standard InChI is InChI=1S/C11H23N3/c1-5-13-6-7-14(8-10(13)4)11(12)9(2)3/h9-10,12H,5-8H2,1-4H3. The van der Waals surface area contributed by atoms with Crippen LogP contribution in [0.15, 0.2) is 0 Å². The molecule has 0 aromatic rings. The highest BCUT2D eigenvalue weighted by Gasteiger charge is 2.24. The first-order chi connectivity index (χ1) is 6.56. The molecule has 0 aliphatic carbocycles. The topological polar surface area (TPSA) is 30.3 Å². The SMILES string of the molecule is CCN1CCN(C(=N)C(C)C)CC1C. The van der Waals surface area contributed by atoms with Crippen LogP contribution in [0.3, 0.4) is 0 Å². The van der Waals surface area contributed by atoms with E-state index >= 15 is 0 Å². The minimum atomic E-state index is 0.357. The van der Waals surface area contributed by atoms with Crippen LogP contribution in [-0.4, -0.2) is 47.9 Å². The van der Waals surface area contributed by atoms with Gasteiger partial charge < -0.3 is 4.90 Å². The van der Waals surface area contributed by atoms with Crippen LogP contribution in [0.5, 0.6) is 0 Å². The lowest BCUT2D eigenvalue weighted by Gasteiger charge is -2.41. The Balaban J connectivity index is 2.50. The van der Waals surface area contributed by atoms with E-state index in [1.807, 2.05) is 0 Å². The lowest BCUT2D eigenvalue weighted by atomic mass is 10.1. The zero-order chi connectivity index (χ0) is 10.7. The number of amidine groups is 1. The van der Waals surface area contributed by atoms with Crippen LogP contribution in [0.25, 0.3) is 0 Å². The zero-order valence-electron chi connectivity index (χ0n) is 9.88. The third kappa shape index (κ3) is 2.47. The van der Waals surface area contributed by atoms with Gasteiger partial charge in [-0.15, -0.1) is 0 Å². The van der Waals surface area contributed by atoms with E-state index in [2.05, 4.69) is 37.5 Å². The number of likely N-dealkylation sites (N-methyl/N-ethyl adjacent to an activating group) is 1. The summed E-state index contributed by atoms with van der Waals surface area (Å²) in [5.41, 5.74) is 0. The molecule has 0 aromatic heterocycles. The third-order valence-corrected chi connectivity index (χ3v) is 3.06. The Morgan fingerprint density at radius 1 is 1.43 bits per heavy atom. The van der Waals surface area contributed by atoms with Gasteiger partial charge in [0.05, 0.1) is 5.84 Å². The van der Waals surface area contributed by atoms with Crippen LogP contribution in [0.2, 0.25) is 0 Å². The minimum Gasteiger partial charge on any atom is -0.357 e. The highest BCUT2D eigenvalue weighted by Crippen LogP contribution is 2.11. The molecule has 0 spiro atoms. The van der Waals surface area contributed by atoms with Crippen molar-refractivity contribution in [1.29, 1.82) is 5.41 Å². The van der Waals surface area contributed by atoms with Gasteiger partial charge in [0.2, 0.25) is 0 Å². The highest BCUT2D eigenvalue weighted by molar-refractivity contribution is 5.81. The van der Waals surface area contributed by atoms with Crippen molar-refractivity contribution in [3.05, 3.63) is 0 Å². The molecule has 0 saturated carbocycles. The Kier molecular flexibility index (Phi) is 3.93. The van der Waals surface area contributed by atoms with Gasteiger partial charge in [-0.1, -0.05) is 20.8 Å². The fraction of sp³-hybridized carbons (Fsp3) is 0.909. The predicted octanol–water partition coefficient (Wildman–Crippen LogP) is 1.65. The van der Waals surface area contributed by atoms with Gasteiger partial charge in [0.25, 0.3) is 0 Å². The van der Waals surface area contributed by atoms with Gasteiger partial charge in [0.15, 0.2) is 0 Å². The average Bonchev–Trinajstić information content (AvgIpc) is 2.16. The molecule has 3 heteroatoms. The summed E-state index contributed by atoms with van der Waals surface area (Å²) < 4.78 is 0. The first-order valence-electron chi connectivity index (χ1n) is 5.63. The normalized spacial score (nSPS) is 24.4. The van der Waals surface area contributed by atoms with Gasteiger partial charge in [-0.25, -0.2) is 0 Å². The van der Waals surface area contributed by atoms with E-state index in [9.17, 15) is 0 Å². The monoisotopic (exact) mass is 197 g/mol. The molecule has 1 saturated heterocycles. The van der Waals surface area contributed by atoms with E-state index in [0.717, 1.165) is 32.0 Å². The van der Waals surface area contributed by atoms with Crippen molar-refractivity contribution in [2.45, 2.75) is 33.7 Å². The fourth-order valence-electron chi connectivity index (χ4n) is 2.05. The number of piperazine rings is 1. The Bertz CT molecular complexity index is 201. The summed E-state index contributed by atoms with van der Waals surface area (Å²) in [6.45, 7) is 12.9. The largest absolute Gasteiger partial charge is 0.357 e. The maximum absolute atomic E-state index is 7.96. The van der Waals surface area contributed by atoms with Crippen molar-refractivity contribution in [3.63, 3.8) is 0 Å². The number of hydrogen-bond donors (Lipinski definition) is 1. The molecule has 0 radical (unpaired) electrons. The average molecular weight is 197 g/mol. The van der Waals surface area contributed by atoms with E-state index < -0.39 is 0 Å². The summed E-state index contributed by atoms with van der Waals surface area (Å²) in [7, 11) is 0. The van der Waals surface area contributed by atoms with Crippen molar-refractivity contribution in [2.75, 3.05) is 26.2 Å². The number of nitrogens with one attached hydrogen (secondary N) is 1. The molecule has 1 fully saturated rings. The van der Waals surface area contributed by atoms with E-state index in [1.54, 1.807) is 0 Å². The van der Waals surface area contributed by atoms with Gasteiger partial charge in [-0.05, 0) is 13.5 Å². The summed E-state index contributed by atoms with van der Waals surface area (Å²) in [6.07, 6.45) is 0. The van der Waals surface area contributed by atoms with E-state index in [4.69, 9.17) is 5.41 Å². The van der Waals surface area contributed by atoms with Gasteiger partial charge in [0, 0.05) is 31.6 Å². The molecule has 0 aromatic carbocycles. The molecule has 14 heavy (non-hydrogen) atoms. The summed E-state index contributed by atoms with van der Waals surface area (Å²) in [4.78, 5) is 4.70. The minimum absolute atomic E-state index is 0.357. The molecule has 1 rings (SSSR count). The summed E-state index contributed by atoms with van der Waals surface area (Å²) in [5.74, 6) is 1.16. The summed E-state index contributed by atoms with van der Waals surface area (Å²) in [5, 5.41) is 7.96. The second-order valence-electron chi connectivity index (χ2n) is 4.46. The lowest BCUT2D eigenvalue weighted by Crippen LogP contribution is -2.54. The molecule has 3 nitrogen and oxygen atoms in total. The first kappa shape index (κ1) is 11.5. The van der Waals surface area contributed by atoms with E-state index in [0.29, 0.717) is 12.0 Å². The molecule has 1 heterocycles. The second kappa shape index (κ2) is 4.78. The Morgan fingerprint density at radius 3 is 2.50 bits per heavy atom. The molecular formula is C11H23N3. The van der Waals surface area contributed by atoms with Gasteiger partial charge in [-0.2, -0.15) is 0 Å². The Morgan fingerprint density at radius 2 is 2.07 bits per heavy atom. The maximum Gasteiger partial charge on any atom is 0.0984 e. The molecule has 1 N–H and O–H groups in total. The highest BCUT2D eigenvalue weighted by atomic mass is 15.3. The molecule has 0 bridgehead atoms. The smallest absolute Gasteiger partial charge is 0.0984 e. The molecule has 82 valence electrons. The van der Waals surface area contributed by atoms with E-state index in [1.165, 1.54) is 0 Å². The molecule has 0 amide bonds. The number of rotatable bonds is 2. The van der Waals surface area contributed by atoms with Crippen molar-refractivity contribution < 1.29 is 0 Å². The second-order valence-corrected chi connectivity index (χ2v) is 4.46. The lowest BCUT2D eigenvalue weighted by molar-refractivity contribution is 0.126. The van der Waals surface area contributed by atoms with Crippen LogP contribution in [0.1, 0.15) is 27.7 Å². The van der Waals surface area contributed by atoms with Crippen molar-refractivity contribution >= 4 is 5.84 Å². The van der Waals surface area contributed by atoms with Crippen LogP contribution in [0, 0.1) is 11.3 Å². The number of nitrogens with zero attached hydrogens (tertiary/aromatic N) is 2. The molecule has 1 atom stereocenters. The third-order valence-electron chi connectivity index (χ3n) is 3.06. The quantitative estimate of drug-likeness (QED) is 0.539. The molecule has 1 aliphatic heterocycles. The van der Waals surface area contributed by atoms with E-state index in [-0.39, 0.29) is 0 Å². The maximum atomic E-state index is 7.96. The van der Waals surface area contributed by atoms with Crippen molar-refractivity contribution in [3.8, 4) is 0 Å². The predicted molar refractivity (Wildman–Crippen MR) is 60.8 cm³/mol. The molecular weight excluding hydrogens is 174 g/mol. The van der Waals surface area contributed by atoms with Crippen molar-refractivity contribution in [2.24, 2.45) is 5.92 Å². The fourth-order valence-corrected chi connectivity index (χ4v) is 2.05.